The first-order valence-corrected chi connectivity index (χ1v) is 10.8. The fourth-order valence-electron chi connectivity index (χ4n) is 3.84. The van der Waals surface area contributed by atoms with Crippen LogP contribution in [0.2, 0.25) is 0 Å². The number of Topliss-reactive ketones (excluding diaryl/α,β-unsaturated/α-hetero) is 1. The summed E-state index contributed by atoms with van der Waals surface area (Å²) in [6, 6.07) is 14.0. The second-order valence-corrected chi connectivity index (χ2v) is 8.81. The summed E-state index contributed by atoms with van der Waals surface area (Å²) in [5, 5.41) is 11.1. The second-order valence-electron chi connectivity index (χ2n) is 8.81. The van der Waals surface area contributed by atoms with Gasteiger partial charge < -0.3 is 19.5 Å². The number of carbonyl (C=O) groups excluding carboxylic acids is 2. The number of hydrogen-bond donors (Lipinski definition) is 1. The molecule has 1 N–H and O–H groups in total. The maximum absolute atomic E-state index is 13.0. The minimum absolute atomic E-state index is 0.0291. The van der Waals surface area contributed by atoms with Gasteiger partial charge in [0.15, 0.2) is 0 Å². The molecule has 170 valence electrons. The number of amides is 1. The van der Waals surface area contributed by atoms with E-state index in [0.29, 0.717) is 17.9 Å². The Morgan fingerprint density at radius 1 is 1.03 bits per heavy atom. The maximum Gasteiger partial charge on any atom is 0.295 e. The topological polar surface area (TPSA) is 76.1 Å². The van der Waals surface area contributed by atoms with Crippen LogP contribution in [0.3, 0.4) is 0 Å². The van der Waals surface area contributed by atoms with Gasteiger partial charge in [-0.15, -0.1) is 0 Å². The molecule has 0 unspecified atom stereocenters. The van der Waals surface area contributed by atoms with E-state index in [1.54, 1.807) is 31.4 Å². The molecule has 6 heteroatoms. The van der Waals surface area contributed by atoms with Crippen LogP contribution < -0.4 is 4.74 Å². The average molecular weight is 438 g/mol. The van der Waals surface area contributed by atoms with E-state index in [4.69, 9.17) is 9.47 Å². The standard InChI is InChI=1S/C26H31NO5/c1-6-32-20-13-9-18(10-14-20)23(28)21-22(27(15-16-31-5)25(30)24(21)29)17-7-11-19(12-8-17)26(2,3)4/h7-14,22,28H,6,15-16H2,1-5H3/b23-21+/t22-/m1/s1. The number of nitrogens with zero attached hydrogens (tertiary/aromatic N) is 1. The fraction of sp³-hybridized carbons (Fsp3) is 0.385. The minimum Gasteiger partial charge on any atom is -0.507 e. The van der Waals surface area contributed by atoms with Crippen molar-refractivity contribution in [2.24, 2.45) is 0 Å². The van der Waals surface area contributed by atoms with Crippen molar-refractivity contribution in [1.29, 1.82) is 0 Å². The van der Waals surface area contributed by atoms with Gasteiger partial charge in [0.1, 0.15) is 11.5 Å². The molecular weight excluding hydrogens is 406 g/mol. The molecule has 0 spiro atoms. The van der Waals surface area contributed by atoms with E-state index in [0.717, 1.165) is 11.1 Å². The first-order valence-electron chi connectivity index (χ1n) is 10.8. The molecule has 2 aromatic carbocycles. The Morgan fingerprint density at radius 3 is 2.19 bits per heavy atom. The van der Waals surface area contributed by atoms with E-state index in [-0.39, 0.29) is 29.9 Å². The van der Waals surface area contributed by atoms with E-state index in [1.807, 2.05) is 31.2 Å². The zero-order valence-electron chi connectivity index (χ0n) is 19.3. The molecule has 0 radical (unpaired) electrons. The van der Waals surface area contributed by atoms with Crippen molar-refractivity contribution in [1.82, 2.24) is 4.90 Å². The van der Waals surface area contributed by atoms with Gasteiger partial charge in [-0.3, -0.25) is 9.59 Å². The van der Waals surface area contributed by atoms with Crippen LogP contribution in [0, 0.1) is 0 Å². The van der Waals surface area contributed by atoms with Gasteiger partial charge in [0.2, 0.25) is 0 Å². The molecule has 1 aliphatic heterocycles. The Morgan fingerprint density at radius 2 is 1.66 bits per heavy atom. The van der Waals surface area contributed by atoms with Gasteiger partial charge in [-0.2, -0.15) is 0 Å². The second kappa shape index (κ2) is 9.57. The van der Waals surface area contributed by atoms with Crippen LogP contribution in [0.5, 0.6) is 5.75 Å². The molecule has 1 fully saturated rings. The average Bonchev–Trinajstić information content (AvgIpc) is 3.02. The number of methoxy groups -OCH3 is 1. The van der Waals surface area contributed by atoms with Crippen molar-refractivity contribution in [3.63, 3.8) is 0 Å². The zero-order chi connectivity index (χ0) is 23.5. The maximum atomic E-state index is 13.0. The van der Waals surface area contributed by atoms with Crippen LogP contribution in [-0.4, -0.2) is 48.6 Å². The number of rotatable bonds is 7. The van der Waals surface area contributed by atoms with Gasteiger partial charge in [-0.25, -0.2) is 0 Å². The molecule has 1 atom stereocenters. The Bertz CT molecular complexity index is 1000. The van der Waals surface area contributed by atoms with Crippen LogP contribution in [0.25, 0.3) is 5.76 Å². The van der Waals surface area contributed by atoms with Crippen molar-refractivity contribution in [2.75, 3.05) is 26.9 Å². The third-order valence-electron chi connectivity index (χ3n) is 5.61. The molecule has 32 heavy (non-hydrogen) atoms. The number of likely N-dealkylation sites (tertiary alicyclic amines) is 1. The van der Waals surface area contributed by atoms with Crippen LogP contribution in [-0.2, 0) is 19.7 Å². The van der Waals surface area contributed by atoms with Crippen molar-refractivity contribution in [3.8, 4) is 5.75 Å². The molecule has 1 amide bonds. The molecule has 0 aromatic heterocycles. The molecule has 1 heterocycles. The van der Waals surface area contributed by atoms with E-state index >= 15 is 0 Å². The number of aliphatic hydroxyl groups excluding tert-OH is 1. The molecule has 2 aromatic rings. The van der Waals surface area contributed by atoms with Gasteiger partial charge in [0.05, 0.1) is 24.8 Å². The number of benzene rings is 2. The molecule has 1 saturated heterocycles. The summed E-state index contributed by atoms with van der Waals surface area (Å²) in [7, 11) is 1.55. The number of ether oxygens (including phenoxy) is 2. The quantitative estimate of drug-likeness (QED) is 0.393. The summed E-state index contributed by atoms with van der Waals surface area (Å²) in [5.41, 5.74) is 2.41. The van der Waals surface area contributed by atoms with Crippen LogP contribution in [0.4, 0.5) is 0 Å². The van der Waals surface area contributed by atoms with E-state index in [9.17, 15) is 14.7 Å². The highest BCUT2D eigenvalue weighted by atomic mass is 16.5. The lowest BCUT2D eigenvalue weighted by molar-refractivity contribution is -0.140. The van der Waals surface area contributed by atoms with Crippen LogP contribution >= 0.6 is 0 Å². The van der Waals surface area contributed by atoms with Gasteiger partial charge in [0, 0.05) is 19.2 Å². The van der Waals surface area contributed by atoms with Gasteiger partial charge in [-0.05, 0) is 47.7 Å². The van der Waals surface area contributed by atoms with Crippen molar-refractivity contribution >= 4 is 17.4 Å². The SMILES string of the molecule is CCOc1ccc(/C(O)=C2\C(=O)C(=O)N(CCOC)[C@@H]2c2ccc(C(C)(C)C)cc2)cc1. The fourth-order valence-corrected chi connectivity index (χ4v) is 3.84. The molecule has 3 rings (SSSR count). The van der Waals surface area contributed by atoms with Gasteiger partial charge in [-0.1, -0.05) is 45.0 Å². The first kappa shape index (κ1) is 23.5. The van der Waals surface area contributed by atoms with Crippen molar-refractivity contribution in [3.05, 3.63) is 70.8 Å². The van der Waals surface area contributed by atoms with Crippen molar-refractivity contribution < 1.29 is 24.2 Å². The summed E-state index contributed by atoms with van der Waals surface area (Å²) in [6.45, 7) is 9.32. The van der Waals surface area contributed by atoms with Gasteiger partial charge in [0.25, 0.3) is 11.7 Å². The zero-order valence-corrected chi connectivity index (χ0v) is 19.3. The highest BCUT2D eigenvalue weighted by Crippen LogP contribution is 2.40. The van der Waals surface area contributed by atoms with E-state index in [1.165, 1.54) is 4.90 Å². The van der Waals surface area contributed by atoms with Gasteiger partial charge >= 0.3 is 0 Å². The molecule has 0 aliphatic carbocycles. The Hall–Kier alpha value is -3.12. The summed E-state index contributed by atoms with van der Waals surface area (Å²) in [6.07, 6.45) is 0. The van der Waals surface area contributed by atoms with Crippen molar-refractivity contribution in [2.45, 2.75) is 39.2 Å². The molecule has 1 aliphatic rings. The third kappa shape index (κ3) is 4.70. The summed E-state index contributed by atoms with van der Waals surface area (Å²) in [5.74, 6) is -0.869. The highest BCUT2D eigenvalue weighted by Gasteiger charge is 2.45. The minimum atomic E-state index is -0.697. The first-order chi connectivity index (χ1) is 15.2. The predicted molar refractivity (Wildman–Crippen MR) is 124 cm³/mol. The smallest absolute Gasteiger partial charge is 0.295 e. The predicted octanol–water partition coefficient (Wildman–Crippen LogP) is 4.45. The molecule has 6 nitrogen and oxygen atoms in total. The monoisotopic (exact) mass is 437 g/mol. The lowest BCUT2D eigenvalue weighted by atomic mass is 9.85. The lowest BCUT2D eigenvalue weighted by Gasteiger charge is -2.26. The summed E-state index contributed by atoms with van der Waals surface area (Å²) < 4.78 is 10.6. The number of ketones is 1. The van der Waals surface area contributed by atoms with Crippen LogP contribution in [0.15, 0.2) is 54.1 Å². The number of carbonyl (C=O) groups is 2. The Balaban J connectivity index is 2.09. The van der Waals surface area contributed by atoms with E-state index < -0.39 is 17.7 Å². The van der Waals surface area contributed by atoms with Crippen LogP contribution in [0.1, 0.15) is 50.4 Å². The summed E-state index contributed by atoms with van der Waals surface area (Å²) >= 11 is 0. The number of aliphatic hydroxyl groups is 1. The molecule has 0 saturated carbocycles. The van der Waals surface area contributed by atoms with E-state index in [2.05, 4.69) is 20.8 Å². The Labute approximate surface area is 189 Å². The molecule has 0 bridgehead atoms. The largest absolute Gasteiger partial charge is 0.507 e. The Kier molecular flexibility index (Phi) is 7.04. The number of hydrogen-bond acceptors (Lipinski definition) is 5. The normalized spacial score (nSPS) is 18.3. The highest BCUT2D eigenvalue weighted by molar-refractivity contribution is 6.46. The molecular formula is C26H31NO5. The lowest BCUT2D eigenvalue weighted by Crippen LogP contribution is -2.32. The third-order valence-corrected chi connectivity index (χ3v) is 5.61. The summed E-state index contributed by atoms with van der Waals surface area (Å²) in [4.78, 5) is 27.3.